The summed E-state index contributed by atoms with van der Waals surface area (Å²) in [6.07, 6.45) is 0.182. The largest absolute Gasteiger partial charge is 0.397 e. The molecule has 0 radical (unpaired) electrons. The minimum Gasteiger partial charge on any atom is -0.397 e. The fourth-order valence-electron chi connectivity index (χ4n) is 1.50. The van der Waals surface area contributed by atoms with E-state index in [1.807, 2.05) is 12.3 Å². The summed E-state index contributed by atoms with van der Waals surface area (Å²) in [6, 6.07) is 3.86. The first-order chi connectivity index (χ1) is 8.54. The SMILES string of the molecule is Cc1nc(CC(=O)Nc2ccc(F)cc2N)cs1. The molecule has 0 atom stereocenters. The van der Waals surface area contributed by atoms with Gasteiger partial charge in [0.05, 0.1) is 28.5 Å². The number of halogens is 1. The molecule has 0 bridgehead atoms. The molecule has 0 saturated heterocycles. The third-order valence-electron chi connectivity index (χ3n) is 2.30. The first kappa shape index (κ1) is 12.5. The number of carbonyl (C=O) groups excluding carboxylic acids is 1. The van der Waals surface area contributed by atoms with E-state index < -0.39 is 5.82 Å². The van der Waals surface area contributed by atoms with Gasteiger partial charge in [0.15, 0.2) is 0 Å². The van der Waals surface area contributed by atoms with Crippen molar-refractivity contribution in [3.05, 3.63) is 40.1 Å². The molecule has 0 saturated carbocycles. The van der Waals surface area contributed by atoms with Gasteiger partial charge in [0.1, 0.15) is 5.82 Å². The molecule has 18 heavy (non-hydrogen) atoms. The second-order valence-corrected chi connectivity index (χ2v) is 4.88. The number of carbonyl (C=O) groups is 1. The smallest absolute Gasteiger partial charge is 0.230 e. The van der Waals surface area contributed by atoms with Crippen LogP contribution in [-0.4, -0.2) is 10.9 Å². The van der Waals surface area contributed by atoms with E-state index in [1.54, 1.807) is 0 Å². The van der Waals surface area contributed by atoms with Crippen molar-refractivity contribution in [1.82, 2.24) is 4.98 Å². The highest BCUT2D eigenvalue weighted by Gasteiger charge is 2.09. The third kappa shape index (κ3) is 3.04. The van der Waals surface area contributed by atoms with Crippen LogP contribution in [-0.2, 0) is 11.2 Å². The zero-order valence-electron chi connectivity index (χ0n) is 9.74. The lowest BCUT2D eigenvalue weighted by Gasteiger charge is -2.07. The summed E-state index contributed by atoms with van der Waals surface area (Å²) in [7, 11) is 0. The highest BCUT2D eigenvalue weighted by atomic mass is 32.1. The van der Waals surface area contributed by atoms with Crippen molar-refractivity contribution in [3.63, 3.8) is 0 Å². The lowest BCUT2D eigenvalue weighted by atomic mass is 10.2. The molecule has 1 amide bonds. The van der Waals surface area contributed by atoms with Gasteiger partial charge in [-0.3, -0.25) is 4.79 Å². The molecule has 1 heterocycles. The van der Waals surface area contributed by atoms with Crippen LogP contribution in [0.15, 0.2) is 23.6 Å². The number of aromatic nitrogens is 1. The van der Waals surface area contributed by atoms with Crippen LogP contribution in [0, 0.1) is 12.7 Å². The molecule has 6 heteroatoms. The van der Waals surface area contributed by atoms with E-state index in [0.29, 0.717) is 5.69 Å². The summed E-state index contributed by atoms with van der Waals surface area (Å²) in [5, 5.41) is 5.38. The van der Waals surface area contributed by atoms with Gasteiger partial charge < -0.3 is 11.1 Å². The predicted octanol–water partition coefficient (Wildman–Crippen LogP) is 2.35. The Morgan fingerprint density at radius 1 is 1.56 bits per heavy atom. The van der Waals surface area contributed by atoms with Crippen LogP contribution in [0.4, 0.5) is 15.8 Å². The normalized spacial score (nSPS) is 10.3. The standard InChI is InChI=1S/C12H12FN3OS/c1-7-15-9(6-18-7)5-12(17)16-11-3-2-8(13)4-10(11)14/h2-4,6H,5,14H2,1H3,(H,16,17). The average Bonchev–Trinajstić information content (AvgIpc) is 2.68. The molecule has 1 aromatic carbocycles. The number of aryl methyl sites for hydroxylation is 1. The second-order valence-electron chi connectivity index (χ2n) is 3.81. The maximum atomic E-state index is 12.8. The number of nitrogen functional groups attached to an aromatic ring is 1. The highest BCUT2D eigenvalue weighted by Crippen LogP contribution is 2.19. The number of nitrogens with two attached hydrogens (primary N) is 1. The zero-order valence-corrected chi connectivity index (χ0v) is 10.6. The molecule has 1 aromatic heterocycles. The summed E-state index contributed by atoms with van der Waals surface area (Å²) in [6.45, 7) is 1.88. The lowest BCUT2D eigenvalue weighted by molar-refractivity contribution is -0.115. The predicted molar refractivity (Wildman–Crippen MR) is 70.0 cm³/mol. The fraction of sp³-hybridized carbons (Fsp3) is 0.167. The van der Waals surface area contributed by atoms with Gasteiger partial charge in [-0.1, -0.05) is 0 Å². The number of rotatable bonds is 3. The minimum atomic E-state index is -0.430. The van der Waals surface area contributed by atoms with Crippen molar-refractivity contribution in [2.45, 2.75) is 13.3 Å². The van der Waals surface area contributed by atoms with E-state index in [4.69, 9.17) is 5.73 Å². The third-order valence-corrected chi connectivity index (χ3v) is 3.12. The van der Waals surface area contributed by atoms with Crippen molar-refractivity contribution in [3.8, 4) is 0 Å². The zero-order chi connectivity index (χ0) is 13.1. The highest BCUT2D eigenvalue weighted by molar-refractivity contribution is 7.09. The Morgan fingerprint density at radius 3 is 2.94 bits per heavy atom. The van der Waals surface area contributed by atoms with E-state index >= 15 is 0 Å². The Hall–Kier alpha value is -1.95. The maximum Gasteiger partial charge on any atom is 0.230 e. The molecule has 4 nitrogen and oxygen atoms in total. The summed E-state index contributed by atoms with van der Waals surface area (Å²) in [5.74, 6) is -0.653. The van der Waals surface area contributed by atoms with E-state index in [-0.39, 0.29) is 18.0 Å². The van der Waals surface area contributed by atoms with Gasteiger partial charge in [-0.25, -0.2) is 9.37 Å². The Bertz CT molecular complexity index is 582. The van der Waals surface area contributed by atoms with Crippen LogP contribution < -0.4 is 11.1 Å². The quantitative estimate of drug-likeness (QED) is 0.837. The van der Waals surface area contributed by atoms with E-state index in [0.717, 1.165) is 10.7 Å². The Morgan fingerprint density at radius 2 is 2.33 bits per heavy atom. The van der Waals surface area contributed by atoms with Crippen molar-refractivity contribution in [2.24, 2.45) is 0 Å². The number of nitrogens with zero attached hydrogens (tertiary/aromatic N) is 1. The number of amides is 1. The molecule has 0 aliphatic heterocycles. The number of anilines is 2. The summed E-state index contributed by atoms with van der Waals surface area (Å²) in [5.41, 5.74) is 6.93. The Balaban J connectivity index is 2.03. The first-order valence-corrected chi connectivity index (χ1v) is 6.18. The molecule has 3 N–H and O–H groups in total. The van der Waals surface area contributed by atoms with Crippen LogP contribution >= 0.6 is 11.3 Å². The summed E-state index contributed by atoms with van der Waals surface area (Å²) >= 11 is 1.49. The first-order valence-electron chi connectivity index (χ1n) is 5.30. The van der Waals surface area contributed by atoms with E-state index in [1.165, 1.54) is 29.5 Å². The van der Waals surface area contributed by atoms with Crippen molar-refractivity contribution >= 4 is 28.6 Å². The van der Waals surface area contributed by atoms with Gasteiger partial charge in [-0.05, 0) is 25.1 Å². The molecule has 0 spiro atoms. The minimum absolute atomic E-state index is 0.182. The second kappa shape index (κ2) is 5.14. The van der Waals surface area contributed by atoms with Gasteiger partial charge >= 0.3 is 0 Å². The van der Waals surface area contributed by atoms with Gasteiger partial charge in [0, 0.05) is 5.38 Å². The van der Waals surface area contributed by atoms with Crippen molar-refractivity contribution in [2.75, 3.05) is 11.1 Å². The van der Waals surface area contributed by atoms with Crippen LogP contribution in [0.3, 0.4) is 0 Å². The van der Waals surface area contributed by atoms with Crippen molar-refractivity contribution in [1.29, 1.82) is 0 Å². The van der Waals surface area contributed by atoms with Crippen LogP contribution in [0.1, 0.15) is 10.7 Å². The van der Waals surface area contributed by atoms with Gasteiger partial charge in [-0.2, -0.15) is 0 Å². The summed E-state index contributed by atoms with van der Waals surface area (Å²) < 4.78 is 12.8. The summed E-state index contributed by atoms with van der Waals surface area (Å²) in [4.78, 5) is 15.9. The molecule has 0 aliphatic carbocycles. The number of hydrogen-bond acceptors (Lipinski definition) is 4. The average molecular weight is 265 g/mol. The molecule has 0 unspecified atom stereocenters. The molecule has 94 valence electrons. The fourth-order valence-corrected chi connectivity index (χ4v) is 2.11. The lowest BCUT2D eigenvalue weighted by Crippen LogP contribution is -2.15. The van der Waals surface area contributed by atoms with Crippen LogP contribution in [0.25, 0.3) is 0 Å². The van der Waals surface area contributed by atoms with Crippen molar-refractivity contribution < 1.29 is 9.18 Å². The monoisotopic (exact) mass is 265 g/mol. The topological polar surface area (TPSA) is 68.0 Å². The van der Waals surface area contributed by atoms with Gasteiger partial charge in [0.25, 0.3) is 0 Å². The van der Waals surface area contributed by atoms with Gasteiger partial charge in [0.2, 0.25) is 5.91 Å². The Kier molecular flexibility index (Phi) is 3.57. The number of thiazole rings is 1. The van der Waals surface area contributed by atoms with Crippen LogP contribution in [0.5, 0.6) is 0 Å². The molecule has 0 aliphatic rings. The van der Waals surface area contributed by atoms with E-state index in [2.05, 4.69) is 10.3 Å². The maximum absolute atomic E-state index is 12.8. The Labute approximate surface area is 108 Å². The van der Waals surface area contributed by atoms with E-state index in [9.17, 15) is 9.18 Å². The number of benzene rings is 1. The molecule has 2 aromatic rings. The number of hydrogen-bond donors (Lipinski definition) is 2. The molecule has 2 rings (SSSR count). The van der Waals surface area contributed by atoms with Gasteiger partial charge in [-0.15, -0.1) is 11.3 Å². The molecule has 0 fully saturated rings. The number of nitrogens with one attached hydrogen (secondary N) is 1. The van der Waals surface area contributed by atoms with Crippen LogP contribution in [0.2, 0.25) is 0 Å². The molecular weight excluding hydrogens is 253 g/mol. The molecular formula is C12H12FN3OS.